The lowest BCUT2D eigenvalue weighted by atomic mass is 10.1. The van der Waals surface area contributed by atoms with Gasteiger partial charge in [-0.15, -0.1) is 0 Å². The number of anilines is 1. The summed E-state index contributed by atoms with van der Waals surface area (Å²) in [5, 5.41) is 2.61. The third-order valence-electron chi connectivity index (χ3n) is 3.42. The fraction of sp³-hybridized carbons (Fsp3) is 0.167. The van der Waals surface area contributed by atoms with Crippen LogP contribution in [0.4, 0.5) is 5.69 Å². The normalized spacial score (nSPS) is 13.1. The number of hydrogen-bond donors (Lipinski definition) is 1. The molecule has 0 spiro atoms. The minimum Gasteiger partial charge on any atom is -0.482 e. The van der Waals surface area contributed by atoms with Crippen molar-refractivity contribution < 1.29 is 28.3 Å². The summed E-state index contributed by atoms with van der Waals surface area (Å²) in [7, 11) is 0. The van der Waals surface area contributed by atoms with E-state index in [2.05, 4.69) is 5.32 Å². The Kier molecular flexibility index (Phi) is 4.65. The van der Waals surface area contributed by atoms with Crippen molar-refractivity contribution in [3.8, 4) is 5.75 Å². The Balaban J connectivity index is 1.57. The Hall–Kier alpha value is -3.35. The van der Waals surface area contributed by atoms with Gasteiger partial charge in [-0.05, 0) is 43.3 Å². The highest BCUT2D eigenvalue weighted by molar-refractivity contribution is 6.02. The average Bonchev–Trinajstić information content (AvgIpc) is 3.02. The van der Waals surface area contributed by atoms with E-state index in [9.17, 15) is 14.4 Å². The molecule has 1 N–H and O–H groups in total. The molecule has 1 aromatic carbocycles. The lowest BCUT2D eigenvalue weighted by molar-refractivity contribution is -0.136. The Morgan fingerprint density at radius 3 is 2.88 bits per heavy atom. The summed E-state index contributed by atoms with van der Waals surface area (Å²) in [6.07, 6.45) is 2.65. The van der Waals surface area contributed by atoms with Gasteiger partial charge < -0.3 is 19.2 Å². The first-order valence-electron chi connectivity index (χ1n) is 7.52. The molecule has 1 amide bonds. The number of ketones is 1. The number of aryl methyl sites for hydroxylation is 1. The van der Waals surface area contributed by atoms with Crippen LogP contribution >= 0.6 is 0 Å². The molecule has 7 nitrogen and oxygen atoms in total. The second kappa shape index (κ2) is 7.04. The molecule has 1 aliphatic heterocycles. The number of benzene rings is 1. The molecule has 0 unspecified atom stereocenters. The maximum atomic E-state index is 12.1. The van der Waals surface area contributed by atoms with Crippen LogP contribution in [0, 0.1) is 6.92 Å². The summed E-state index contributed by atoms with van der Waals surface area (Å²) in [6, 6.07) is 8.11. The van der Waals surface area contributed by atoms with Crippen LogP contribution in [0.5, 0.6) is 5.75 Å². The van der Waals surface area contributed by atoms with Crippen LogP contribution in [-0.4, -0.2) is 30.9 Å². The number of hydrogen-bond acceptors (Lipinski definition) is 6. The second-order valence-corrected chi connectivity index (χ2v) is 5.36. The molecule has 0 saturated heterocycles. The Morgan fingerprint density at radius 2 is 2.12 bits per heavy atom. The van der Waals surface area contributed by atoms with Crippen molar-refractivity contribution in [1.29, 1.82) is 0 Å². The van der Waals surface area contributed by atoms with Crippen molar-refractivity contribution in [1.82, 2.24) is 0 Å². The van der Waals surface area contributed by atoms with Gasteiger partial charge >= 0.3 is 5.97 Å². The standard InChI is InChI=1S/C18H15NO6/c1-11-2-4-13(25-11)5-7-18(22)24-9-15(20)12-3-6-16-14(8-12)19-17(21)10-23-16/h2-8H,9-10H2,1H3,(H,19,21). The first-order valence-corrected chi connectivity index (χ1v) is 7.52. The monoisotopic (exact) mass is 341 g/mol. The fourth-order valence-corrected chi connectivity index (χ4v) is 2.22. The van der Waals surface area contributed by atoms with Crippen molar-refractivity contribution in [2.45, 2.75) is 6.92 Å². The number of carbonyl (C=O) groups excluding carboxylic acids is 3. The molecule has 2 aromatic rings. The van der Waals surface area contributed by atoms with Crippen molar-refractivity contribution >= 4 is 29.4 Å². The molecule has 0 saturated carbocycles. The molecule has 0 bridgehead atoms. The fourth-order valence-electron chi connectivity index (χ4n) is 2.22. The van der Waals surface area contributed by atoms with Gasteiger partial charge in [0, 0.05) is 11.6 Å². The minimum absolute atomic E-state index is 0.0561. The van der Waals surface area contributed by atoms with Crippen LogP contribution in [0.3, 0.4) is 0 Å². The second-order valence-electron chi connectivity index (χ2n) is 5.36. The number of esters is 1. The smallest absolute Gasteiger partial charge is 0.331 e. The van der Waals surface area contributed by atoms with Gasteiger partial charge in [0.15, 0.2) is 19.0 Å². The molecular weight excluding hydrogens is 326 g/mol. The van der Waals surface area contributed by atoms with E-state index in [0.29, 0.717) is 22.8 Å². The van der Waals surface area contributed by atoms with Crippen LogP contribution in [0.15, 0.2) is 40.8 Å². The Bertz CT molecular complexity index is 864. The van der Waals surface area contributed by atoms with Crippen LogP contribution in [-0.2, 0) is 14.3 Å². The number of carbonyl (C=O) groups is 3. The van der Waals surface area contributed by atoms with Crippen molar-refractivity contribution in [3.05, 3.63) is 53.5 Å². The van der Waals surface area contributed by atoms with Crippen LogP contribution < -0.4 is 10.1 Å². The van der Waals surface area contributed by atoms with Gasteiger partial charge in [0.1, 0.15) is 17.3 Å². The number of nitrogens with one attached hydrogen (secondary N) is 1. The zero-order valence-corrected chi connectivity index (χ0v) is 13.4. The maximum absolute atomic E-state index is 12.1. The number of fused-ring (bicyclic) bond motifs is 1. The van der Waals surface area contributed by atoms with E-state index in [0.717, 1.165) is 5.76 Å². The summed E-state index contributed by atoms with van der Waals surface area (Å²) in [6.45, 7) is 1.33. The van der Waals surface area contributed by atoms with Gasteiger partial charge in [-0.1, -0.05) is 0 Å². The van der Waals surface area contributed by atoms with E-state index in [4.69, 9.17) is 13.9 Å². The molecule has 0 atom stereocenters. The van der Waals surface area contributed by atoms with E-state index < -0.39 is 18.4 Å². The highest BCUT2D eigenvalue weighted by atomic mass is 16.5. The Morgan fingerprint density at radius 1 is 1.28 bits per heavy atom. The molecule has 7 heteroatoms. The van der Waals surface area contributed by atoms with Gasteiger partial charge in [0.25, 0.3) is 5.91 Å². The van der Waals surface area contributed by atoms with Crippen molar-refractivity contribution in [2.75, 3.05) is 18.5 Å². The lowest BCUT2D eigenvalue weighted by Gasteiger charge is -2.18. The summed E-state index contributed by atoms with van der Waals surface area (Å²) >= 11 is 0. The van der Waals surface area contributed by atoms with Gasteiger partial charge in [-0.2, -0.15) is 0 Å². The first kappa shape index (κ1) is 16.5. The quantitative estimate of drug-likeness (QED) is 0.510. The van der Waals surface area contributed by atoms with Gasteiger partial charge in [0.2, 0.25) is 0 Å². The topological polar surface area (TPSA) is 94.8 Å². The molecular formula is C18H15NO6. The summed E-state index contributed by atoms with van der Waals surface area (Å²) < 4.78 is 15.4. The van der Waals surface area contributed by atoms with E-state index in [-0.39, 0.29) is 12.5 Å². The molecule has 0 radical (unpaired) electrons. The minimum atomic E-state index is -0.656. The molecule has 2 heterocycles. The third-order valence-corrected chi connectivity index (χ3v) is 3.42. The zero-order chi connectivity index (χ0) is 17.8. The van der Waals surface area contributed by atoms with Crippen LogP contribution in [0.1, 0.15) is 21.9 Å². The largest absolute Gasteiger partial charge is 0.482 e. The molecule has 25 heavy (non-hydrogen) atoms. The number of furan rings is 1. The SMILES string of the molecule is Cc1ccc(C=CC(=O)OCC(=O)c2ccc3c(c2)NC(=O)CO3)o1. The van der Waals surface area contributed by atoms with E-state index in [1.807, 2.05) is 0 Å². The first-order chi connectivity index (χ1) is 12.0. The highest BCUT2D eigenvalue weighted by Crippen LogP contribution is 2.28. The number of Topliss-reactive ketones (excluding diaryl/α,β-unsaturated/α-hetero) is 1. The van der Waals surface area contributed by atoms with Gasteiger partial charge in [-0.25, -0.2) is 4.79 Å². The molecule has 0 aliphatic carbocycles. The summed E-state index contributed by atoms with van der Waals surface area (Å²) in [5.41, 5.74) is 0.726. The molecule has 0 fully saturated rings. The predicted octanol–water partition coefficient (Wildman–Crippen LogP) is 2.36. The Labute approximate surface area is 143 Å². The zero-order valence-electron chi connectivity index (χ0n) is 13.4. The highest BCUT2D eigenvalue weighted by Gasteiger charge is 2.18. The maximum Gasteiger partial charge on any atom is 0.331 e. The van der Waals surface area contributed by atoms with E-state index in [1.54, 1.807) is 31.2 Å². The molecule has 1 aromatic heterocycles. The number of rotatable bonds is 5. The summed E-state index contributed by atoms with van der Waals surface area (Å²) in [5.74, 6) is 0.403. The van der Waals surface area contributed by atoms with Gasteiger partial charge in [-0.3, -0.25) is 9.59 Å². The van der Waals surface area contributed by atoms with Crippen molar-refractivity contribution in [3.63, 3.8) is 0 Å². The van der Waals surface area contributed by atoms with Gasteiger partial charge in [0.05, 0.1) is 5.69 Å². The average molecular weight is 341 g/mol. The molecule has 1 aliphatic rings. The van der Waals surface area contributed by atoms with E-state index >= 15 is 0 Å². The lowest BCUT2D eigenvalue weighted by Crippen LogP contribution is -2.25. The summed E-state index contributed by atoms with van der Waals surface area (Å²) in [4.78, 5) is 35.1. The number of amides is 1. The molecule has 3 rings (SSSR count). The van der Waals surface area contributed by atoms with Crippen LogP contribution in [0.25, 0.3) is 6.08 Å². The number of ether oxygens (including phenoxy) is 2. The third kappa shape index (κ3) is 4.14. The van der Waals surface area contributed by atoms with E-state index in [1.165, 1.54) is 18.2 Å². The predicted molar refractivity (Wildman–Crippen MR) is 88.3 cm³/mol. The molecule has 128 valence electrons. The van der Waals surface area contributed by atoms with Crippen LogP contribution in [0.2, 0.25) is 0 Å². The van der Waals surface area contributed by atoms with Crippen molar-refractivity contribution in [2.24, 2.45) is 0 Å².